The van der Waals surface area contributed by atoms with E-state index >= 15 is 0 Å². The number of anilines is 1. The monoisotopic (exact) mass is 568 g/mol. The van der Waals surface area contributed by atoms with Crippen LogP contribution in [0.3, 0.4) is 0 Å². The lowest BCUT2D eigenvalue weighted by molar-refractivity contribution is -0.112. The molecule has 0 bridgehead atoms. The minimum Gasteiger partial charge on any atom is -0.493 e. The largest absolute Gasteiger partial charge is 0.493 e. The van der Waals surface area contributed by atoms with Crippen LogP contribution in [0.2, 0.25) is 0 Å². The third-order valence-electron chi connectivity index (χ3n) is 7.15. The number of nitrogens with zero attached hydrogens (tertiary/aromatic N) is 1. The number of hydrogen-bond acceptors (Lipinski definition) is 5. The summed E-state index contributed by atoms with van der Waals surface area (Å²) in [6, 6.07) is 34.9. The highest BCUT2D eigenvalue weighted by molar-refractivity contribution is 6.09. The third-order valence-corrected chi connectivity index (χ3v) is 7.15. The molecule has 5 aromatic rings. The van der Waals surface area contributed by atoms with Gasteiger partial charge in [-0.3, -0.25) is 4.79 Å². The van der Waals surface area contributed by atoms with Gasteiger partial charge >= 0.3 is 0 Å². The minimum absolute atomic E-state index is 0.0400. The van der Waals surface area contributed by atoms with Crippen LogP contribution < -0.4 is 19.5 Å². The van der Waals surface area contributed by atoms with Gasteiger partial charge in [-0.25, -0.2) is 0 Å². The lowest BCUT2D eigenvalue weighted by Crippen LogP contribution is -2.13. The molecule has 0 spiro atoms. The number of methoxy groups -OCH3 is 1. The first-order chi connectivity index (χ1) is 20.9. The van der Waals surface area contributed by atoms with E-state index in [1.165, 1.54) is 11.6 Å². The van der Waals surface area contributed by atoms with E-state index in [9.17, 15) is 10.1 Å². The Bertz CT molecular complexity index is 1820. The van der Waals surface area contributed by atoms with Crippen molar-refractivity contribution in [2.75, 3.05) is 12.4 Å². The standard InChI is InChI=1S/C37H32N2O4/c1-25-8-11-27(12-9-25)23-42-32-17-15-31(16-18-32)39-37(40)30(22-38)20-28-13-19-35(36(21-28)41-3)43-24-34-26(2)10-14-29-6-4-5-7-33(29)34/h4-21H,23-24H2,1-3H3,(H,39,40)/b30-20+. The normalized spacial score (nSPS) is 11.1. The summed E-state index contributed by atoms with van der Waals surface area (Å²) in [7, 11) is 1.56. The Morgan fingerprint density at radius 3 is 2.35 bits per heavy atom. The topological polar surface area (TPSA) is 80.6 Å². The van der Waals surface area contributed by atoms with Crippen molar-refractivity contribution >= 4 is 28.4 Å². The van der Waals surface area contributed by atoms with Gasteiger partial charge < -0.3 is 19.5 Å². The van der Waals surface area contributed by atoms with Gasteiger partial charge in [-0.2, -0.15) is 5.26 Å². The molecule has 214 valence electrons. The van der Waals surface area contributed by atoms with Gasteiger partial charge in [0.25, 0.3) is 5.91 Å². The van der Waals surface area contributed by atoms with E-state index in [1.807, 2.05) is 49.4 Å². The fourth-order valence-electron chi connectivity index (χ4n) is 4.68. The van der Waals surface area contributed by atoms with Crippen molar-refractivity contribution in [1.29, 1.82) is 5.26 Å². The molecule has 0 saturated heterocycles. The number of aryl methyl sites for hydroxylation is 2. The zero-order valence-electron chi connectivity index (χ0n) is 24.4. The summed E-state index contributed by atoms with van der Waals surface area (Å²) in [5, 5.41) is 14.8. The molecule has 5 rings (SSSR count). The smallest absolute Gasteiger partial charge is 0.266 e. The van der Waals surface area contributed by atoms with Crippen LogP contribution in [0, 0.1) is 25.2 Å². The summed E-state index contributed by atoms with van der Waals surface area (Å²) < 4.78 is 17.6. The van der Waals surface area contributed by atoms with Crippen molar-refractivity contribution in [3.05, 3.63) is 137 Å². The molecular weight excluding hydrogens is 536 g/mol. The number of fused-ring (bicyclic) bond motifs is 1. The van der Waals surface area contributed by atoms with Gasteiger partial charge in [-0.1, -0.05) is 72.3 Å². The average molecular weight is 569 g/mol. The molecule has 0 heterocycles. The van der Waals surface area contributed by atoms with Crippen LogP contribution in [-0.4, -0.2) is 13.0 Å². The van der Waals surface area contributed by atoms with Crippen molar-refractivity contribution < 1.29 is 19.0 Å². The first-order valence-electron chi connectivity index (χ1n) is 13.9. The van der Waals surface area contributed by atoms with Crippen LogP contribution in [0.1, 0.15) is 27.8 Å². The molecule has 6 heteroatoms. The summed E-state index contributed by atoms with van der Waals surface area (Å²) in [5.41, 5.74) is 5.67. The highest BCUT2D eigenvalue weighted by atomic mass is 16.5. The molecule has 5 aromatic carbocycles. The van der Waals surface area contributed by atoms with E-state index in [1.54, 1.807) is 49.6 Å². The maximum atomic E-state index is 12.9. The summed E-state index contributed by atoms with van der Waals surface area (Å²) in [6.45, 7) is 4.94. The van der Waals surface area contributed by atoms with Gasteiger partial charge in [-0.05, 0) is 83.8 Å². The maximum absolute atomic E-state index is 12.9. The van der Waals surface area contributed by atoms with Crippen molar-refractivity contribution in [3.63, 3.8) is 0 Å². The Labute approximate surface area is 251 Å². The highest BCUT2D eigenvalue weighted by Gasteiger charge is 2.13. The third kappa shape index (κ3) is 7.22. The second kappa shape index (κ2) is 13.4. The number of rotatable bonds is 10. The molecule has 1 N–H and O–H groups in total. The van der Waals surface area contributed by atoms with Crippen LogP contribution in [0.15, 0.2) is 109 Å². The molecule has 0 radical (unpaired) electrons. The number of benzene rings is 5. The molecule has 1 amide bonds. The van der Waals surface area contributed by atoms with Crippen LogP contribution >= 0.6 is 0 Å². The van der Waals surface area contributed by atoms with E-state index in [2.05, 4.69) is 36.5 Å². The average Bonchev–Trinajstić information content (AvgIpc) is 3.03. The van der Waals surface area contributed by atoms with Crippen molar-refractivity contribution in [1.82, 2.24) is 0 Å². The van der Waals surface area contributed by atoms with E-state index < -0.39 is 5.91 Å². The Kier molecular flexibility index (Phi) is 9.04. The van der Waals surface area contributed by atoms with Crippen molar-refractivity contribution in [2.45, 2.75) is 27.1 Å². The number of carbonyl (C=O) groups excluding carboxylic acids is 1. The lowest BCUT2D eigenvalue weighted by Gasteiger charge is -2.14. The molecule has 0 saturated carbocycles. The summed E-state index contributed by atoms with van der Waals surface area (Å²) in [5.74, 6) is 1.24. The lowest BCUT2D eigenvalue weighted by atomic mass is 10.0. The number of nitrogens with one attached hydrogen (secondary N) is 1. The molecule has 0 aliphatic carbocycles. The molecule has 0 fully saturated rings. The van der Waals surface area contributed by atoms with Crippen molar-refractivity contribution in [2.24, 2.45) is 0 Å². The summed E-state index contributed by atoms with van der Waals surface area (Å²) >= 11 is 0. The Hall–Kier alpha value is -5.54. The molecule has 0 atom stereocenters. The predicted molar refractivity (Wildman–Crippen MR) is 170 cm³/mol. The molecule has 0 unspecified atom stereocenters. The molecule has 0 aromatic heterocycles. The number of hydrogen-bond donors (Lipinski definition) is 1. The van der Waals surface area contributed by atoms with Crippen LogP contribution in [-0.2, 0) is 18.0 Å². The zero-order chi connectivity index (χ0) is 30.2. The van der Waals surface area contributed by atoms with Gasteiger partial charge in [0.2, 0.25) is 0 Å². The second-order valence-corrected chi connectivity index (χ2v) is 10.2. The minimum atomic E-state index is -0.512. The van der Waals surface area contributed by atoms with Crippen LogP contribution in [0.5, 0.6) is 17.2 Å². The van der Waals surface area contributed by atoms with E-state index in [0.29, 0.717) is 41.7 Å². The molecule has 0 aliphatic heterocycles. The van der Waals surface area contributed by atoms with Gasteiger partial charge in [0.15, 0.2) is 11.5 Å². The molecule has 43 heavy (non-hydrogen) atoms. The van der Waals surface area contributed by atoms with E-state index in [-0.39, 0.29) is 5.57 Å². The second-order valence-electron chi connectivity index (χ2n) is 10.2. The van der Waals surface area contributed by atoms with Crippen LogP contribution in [0.25, 0.3) is 16.8 Å². The first kappa shape index (κ1) is 29.0. The quantitative estimate of drug-likeness (QED) is 0.136. The van der Waals surface area contributed by atoms with E-state index in [0.717, 1.165) is 27.5 Å². The Balaban J connectivity index is 1.23. The fourth-order valence-corrected chi connectivity index (χ4v) is 4.68. The van der Waals surface area contributed by atoms with Gasteiger partial charge in [0, 0.05) is 11.3 Å². The van der Waals surface area contributed by atoms with Gasteiger partial charge in [-0.15, -0.1) is 0 Å². The van der Waals surface area contributed by atoms with Gasteiger partial charge in [0.05, 0.1) is 7.11 Å². The summed E-state index contributed by atoms with van der Waals surface area (Å²) in [4.78, 5) is 12.9. The molecule has 0 aliphatic rings. The maximum Gasteiger partial charge on any atom is 0.266 e. The highest BCUT2D eigenvalue weighted by Crippen LogP contribution is 2.31. The first-order valence-corrected chi connectivity index (χ1v) is 13.9. The number of ether oxygens (including phenoxy) is 3. The molecule has 6 nitrogen and oxygen atoms in total. The zero-order valence-corrected chi connectivity index (χ0v) is 24.4. The number of amides is 1. The Morgan fingerprint density at radius 2 is 1.60 bits per heavy atom. The number of carbonyl (C=O) groups is 1. The fraction of sp³-hybridized carbons (Fsp3) is 0.135. The Morgan fingerprint density at radius 1 is 0.837 bits per heavy atom. The van der Waals surface area contributed by atoms with Gasteiger partial charge in [0.1, 0.15) is 30.6 Å². The number of nitriles is 1. The van der Waals surface area contributed by atoms with Crippen molar-refractivity contribution in [3.8, 4) is 23.3 Å². The predicted octanol–water partition coefficient (Wildman–Crippen LogP) is 8.17. The van der Waals surface area contributed by atoms with E-state index in [4.69, 9.17) is 14.2 Å². The van der Waals surface area contributed by atoms with Crippen LogP contribution in [0.4, 0.5) is 5.69 Å². The molecular formula is C37H32N2O4. The SMILES string of the molecule is COc1cc(/C=C(\C#N)C(=O)Nc2ccc(OCc3ccc(C)cc3)cc2)ccc1OCc1c(C)ccc2ccccc12. The summed E-state index contributed by atoms with van der Waals surface area (Å²) in [6.07, 6.45) is 1.52.